The Hall–Kier alpha value is -2.69. The summed E-state index contributed by atoms with van der Waals surface area (Å²) in [6.07, 6.45) is 0. The summed E-state index contributed by atoms with van der Waals surface area (Å²) in [7, 11) is 0. The van der Waals surface area contributed by atoms with E-state index in [1.54, 1.807) is 25.1 Å². The molecule has 0 aliphatic heterocycles. The van der Waals surface area contributed by atoms with Crippen LogP contribution in [0, 0.1) is 12.7 Å². The van der Waals surface area contributed by atoms with Gasteiger partial charge in [-0.15, -0.1) is 0 Å². The average molecular weight is 287 g/mol. The molecule has 0 aliphatic carbocycles. The van der Waals surface area contributed by atoms with Crippen molar-refractivity contribution in [2.75, 3.05) is 0 Å². The molecule has 2 rings (SSSR count). The molecule has 1 amide bonds. The Morgan fingerprint density at radius 3 is 2.38 bits per heavy atom. The Balaban J connectivity index is 2.52. The van der Waals surface area contributed by atoms with Gasteiger partial charge in [-0.25, -0.2) is 4.39 Å². The van der Waals surface area contributed by atoms with Gasteiger partial charge in [0.25, 0.3) is 5.91 Å². The van der Waals surface area contributed by atoms with Gasteiger partial charge >= 0.3 is 0 Å². The lowest BCUT2D eigenvalue weighted by Gasteiger charge is -2.13. The van der Waals surface area contributed by atoms with E-state index in [0.29, 0.717) is 5.56 Å². The number of ketones is 1. The molecule has 0 unspecified atom stereocenters. The highest BCUT2D eigenvalue weighted by Gasteiger charge is 2.16. The molecule has 0 atom stereocenters. The first-order valence-electron chi connectivity index (χ1n) is 6.28. The molecule has 0 aromatic heterocycles. The molecule has 108 valence electrons. The number of para-hydroxylation sites is 1. The van der Waals surface area contributed by atoms with Gasteiger partial charge in [0.1, 0.15) is 17.3 Å². The third-order valence-electron chi connectivity index (χ3n) is 3.01. The van der Waals surface area contributed by atoms with Crippen LogP contribution in [-0.2, 0) is 0 Å². The maximum atomic E-state index is 13.6. The Kier molecular flexibility index (Phi) is 4.03. The van der Waals surface area contributed by atoms with Crippen molar-refractivity contribution in [1.82, 2.24) is 0 Å². The van der Waals surface area contributed by atoms with Crippen molar-refractivity contribution >= 4 is 11.7 Å². The molecule has 2 aromatic carbocycles. The number of ether oxygens (including phenoxy) is 1. The third-order valence-corrected chi connectivity index (χ3v) is 3.01. The zero-order chi connectivity index (χ0) is 15.6. The number of aryl methyl sites for hydroxylation is 1. The molecule has 5 heteroatoms. The van der Waals surface area contributed by atoms with Gasteiger partial charge in [0, 0.05) is 0 Å². The number of nitrogens with two attached hydrogens (primary N) is 1. The van der Waals surface area contributed by atoms with Gasteiger partial charge in [0.05, 0.1) is 11.1 Å². The van der Waals surface area contributed by atoms with Crippen LogP contribution < -0.4 is 10.5 Å². The average Bonchev–Trinajstić information content (AvgIpc) is 2.42. The highest BCUT2D eigenvalue weighted by Crippen LogP contribution is 2.30. The number of primary amides is 1. The van der Waals surface area contributed by atoms with Crippen molar-refractivity contribution in [2.24, 2.45) is 5.73 Å². The Morgan fingerprint density at radius 2 is 1.76 bits per heavy atom. The first kappa shape index (κ1) is 14.7. The normalized spacial score (nSPS) is 10.2. The van der Waals surface area contributed by atoms with E-state index in [2.05, 4.69) is 0 Å². The summed E-state index contributed by atoms with van der Waals surface area (Å²) in [5.74, 6) is -1.06. The van der Waals surface area contributed by atoms with E-state index in [1.807, 2.05) is 0 Å². The monoisotopic (exact) mass is 287 g/mol. The maximum absolute atomic E-state index is 13.6. The first-order chi connectivity index (χ1) is 9.90. The maximum Gasteiger partial charge on any atom is 0.252 e. The quantitative estimate of drug-likeness (QED) is 0.878. The molecule has 0 heterocycles. The molecular weight excluding hydrogens is 273 g/mol. The van der Waals surface area contributed by atoms with Crippen molar-refractivity contribution in [2.45, 2.75) is 13.8 Å². The minimum Gasteiger partial charge on any atom is -0.456 e. The zero-order valence-electron chi connectivity index (χ0n) is 11.6. The van der Waals surface area contributed by atoms with Gasteiger partial charge in [-0.3, -0.25) is 9.59 Å². The van der Waals surface area contributed by atoms with E-state index < -0.39 is 11.7 Å². The lowest BCUT2D eigenvalue weighted by atomic mass is 10.1. The van der Waals surface area contributed by atoms with Crippen LogP contribution in [-0.4, -0.2) is 11.7 Å². The standard InChI is InChI=1S/C16H14FNO3/c1-9-7-15(12(10(2)19)8-13(9)17)21-14-6-4-3-5-11(14)16(18)20/h3-8H,1-2H3,(H2,18,20). The van der Waals surface area contributed by atoms with Crippen LogP contribution in [0.2, 0.25) is 0 Å². The topological polar surface area (TPSA) is 69.4 Å². The van der Waals surface area contributed by atoms with Crippen LogP contribution in [0.3, 0.4) is 0 Å². The molecule has 2 N–H and O–H groups in total. The number of amides is 1. The van der Waals surface area contributed by atoms with Crippen LogP contribution in [0.1, 0.15) is 33.2 Å². The summed E-state index contributed by atoms with van der Waals surface area (Å²) in [4.78, 5) is 23.0. The highest BCUT2D eigenvalue weighted by atomic mass is 19.1. The van der Waals surface area contributed by atoms with Gasteiger partial charge in [-0.1, -0.05) is 12.1 Å². The second-order valence-electron chi connectivity index (χ2n) is 4.62. The molecular formula is C16H14FNO3. The number of Topliss-reactive ketones (excluding diaryl/α,β-unsaturated/α-hetero) is 1. The molecule has 0 radical (unpaired) electrons. The second kappa shape index (κ2) is 5.75. The van der Waals surface area contributed by atoms with E-state index in [9.17, 15) is 14.0 Å². The van der Waals surface area contributed by atoms with Crippen molar-refractivity contribution < 1.29 is 18.7 Å². The Morgan fingerprint density at radius 1 is 1.10 bits per heavy atom. The summed E-state index contributed by atoms with van der Waals surface area (Å²) in [5.41, 5.74) is 5.91. The third kappa shape index (κ3) is 3.08. The van der Waals surface area contributed by atoms with Crippen LogP contribution in [0.5, 0.6) is 11.5 Å². The number of carbonyl (C=O) groups is 2. The van der Waals surface area contributed by atoms with Crippen LogP contribution in [0.15, 0.2) is 36.4 Å². The van der Waals surface area contributed by atoms with Gasteiger partial charge < -0.3 is 10.5 Å². The molecule has 0 fully saturated rings. The van der Waals surface area contributed by atoms with E-state index in [-0.39, 0.29) is 28.4 Å². The van der Waals surface area contributed by atoms with Crippen molar-refractivity contribution in [3.8, 4) is 11.5 Å². The molecule has 0 bridgehead atoms. The number of benzene rings is 2. The molecule has 0 saturated heterocycles. The fraction of sp³-hybridized carbons (Fsp3) is 0.125. The molecule has 2 aromatic rings. The number of hydrogen-bond donors (Lipinski definition) is 1. The van der Waals surface area contributed by atoms with Crippen LogP contribution in [0.25, 0.3) is 0 Å². The molecule has 0 spiro atoms. The Labute approximate surface area is 121 Å². The highest BCUT2D eigenvalue weighted by molar-refractivity contribution is 5.98. The fourth-order valence-corrected chi connectivity index (χ4v) is 1.89. The summed E-state index contributed by atoms with van der Waals surface area (Å²) in [6, 6.07) is 8.94. The summed E-state index contributed by atoms with van der Waals surface area (Å²) >= 11 is 0. The van der Waals surface area contributed by atoms with E-state index in [4.69, 9.17) is 10.5 Å². The minimum absolute atomic E-state index is 0.109. The van der Waals surface area contributed by atoms with Gasteiger partial charge in [0.15, 0.2) is 5.78 Å². The number of halogens is 1. The van der Waals surface area contributed by atoms with Gasteiger partial charge in [-0.2, -0.15) is 0 Å². The van der Waals surface area contributed by atoms with Crippen LogP contribution >= 0.6 is 0 Å². The number of carbonyl (C=O) groups excluding carboxylic acids is 2. The van der Waals surface area contributed by atoms with E-state index >= 15 is 0 Å². The second-order valence-corrected chi connectivity index (χ2v) is 4.62. The van der Waals surface area contributed by atoms with Crippen molar-refractivity contribution in [3.63, 3.8) is 0 Å². The summed E-state index contributed by atoms with van der Waals surface area (Å²) < 4.78 is 19.2. The molecule has 21 heavy (non-hydrogen) atoms. The van der Waals surface area contributed by atoms with Gasteiger partial charge in [-0.05, 0) is 43.7 Å². The minimum atomic E-state index is -0.645. The number of rotatable bonds is 4. The predicted octanol–water partition coefficient (Wildman–Crippen LogP) is 3.23. The molecule has 0 saturated carbocycles. The fourth-order valence-electron chi connectivity index (χ4n) is 1.89. The molecule has 0 aliphatic rings. The largest absolute Gasteiger partial charge is 0.456 e. The lowest BCUT2D eigenvalue weighted by Crippen LogP contribution is -2.12. The smallest absolute Gasteiger partial charge is 0.252 e. The SMILES string of the molecule is CC(=O)c1cc(F)c(C)cc1Oc1ccccc1C(N)=O. The Bertz CT molecular complexity index is 725. The van der Waals surface area contributed by atoms with E-state index in [1.165, 1.54) is 19.1 Å². The zero-order valence-corrected chi connectivity index (χ0v) is 11.6. The van der Waals surface area contributed by atoms with Crippen LogP contribution in [0.4, 0.5) is 4.39 Å². The molecule has 4 nitrogen and oxygen atoms in total. The van der Waals surface area contributed by atoms with Crippen molar-refractivity contribution in [1.29, 1.82) is 0 Å². The predicted molar refractivity (Wildman–Crippen MR) is 76.2 cm³/mol. The summed E-state index contributed by atoms with van der Waals surface area (Å²) in [5, 5.41) is 0. The lowest BCUT2D eigenvalue weighted by molar-refractivity contribution is 0.0996. The van der Waals surface area contributed by atoms with Gasteiger partial charge in [0.2, 0.25) is 0 Å². The first-order valence-corrected chi connectivity index (χ1v) is 6.28. The number of hydrogen-bond acceptors (Lipinski definition) is 3. The van der Waals surface area contributed by atoms with Crippen molar-refractivity contribution in [3.05, 3.63) is 58.9 Å². The summed E-state index contributed by atoms with van der Waals surface area (Å²) in [6.45, 7) is 2.88. The van der Waals surface area contributed by atoms with E-state index in [0.717, 1.165) is 6.07 Å².